The number of nitrogens with one attached hydrogen (secondary N) is 2. The molecule has 0 saturated carbocycles. The van der Waals surface area contributed by atoms with Crippen LogP contribution < -0.4 is 16.4 Å². The lowest BCUT2D eigenvalue weighted by atomic mass is 9.84. The number of fused-ring (bicyclic) bond motifs is 1. The molecule has 4 amide bonds. The van der Waals surface area contributed by atoms with Gasteiger partial charge >= 0.3 is 27.3 Å². The van der Waals surface area contributed by atoms with Gasteiger partial charge < -0.3 is 50.9 Å². The first-order valence-corrected chi connectivity index (χ1v) is 17.3. The van der Waals surface area contributed by atoms with Crippen molar-refractivity contribution in [1.82, 2.24) is 15.5 Å². The summed E-state index contributed by atoms with van der Waals surface area (Å²) < 4.78 is 27.7. The highest BCUT2D eigenvalue weighted by Crippen LogP contribution is 2.69. The number of nitrogens with two attached hydrogens (primary N) is 1. The van der Waals surface area contributed by atoms with E-state index in [0.717, 1.165) is 16.7 Å². The van der Waals surface area contributed by atoms with Crippen LogP contribution in [-0.4, -0.2) is 99.4 Å². The van der Waals surface area contributed by atoms with Crippen molar-refractivity contribution in [3.05, 3.63) is 33.7 Å². The summed E-state index contributed by atoms with van der Waals surface area (Å²) in [6, 6.07) is 3.33. The van der Waals surface area contributed by atoms with E-state index in [1.807, 2.05) is 0 Å². The maximum atomic E-state index is 13.5. The smallest absolute Gasteiger partial charge is 0.404 e. The van der Waals surface area contributed by atoms with Crippen molar-refractivity contribution in [3.63, 3.8) is 0 Å². The molecule has 1 fully saturated rings. The molecule has 18 nitrogen and oxygen atoms in total. The fourth-order valence-corrected chi connectivity index (χ4v) is 8.80. The van der Waals surface area contributed by atoms with Gasteiger partial charge in [-0.3, -0.25) is 28.4 Å². The molecule has 0 bridgehead atoms. The van der Waals surface area contributed by atoms with Crippen LogP contribution in [0.5, 0.6) is 0 Å². The van der Waals surface area contributed by atoms with Crippen molar-refractivity contribution in [2.45, 2.75) is 41.7 Å². The molecule has 1 unspecified atom stereocenters. The minimum atomic E-state index is -5.68. The standard InChI is InChI=1S/C21H28N4O14P2S2/c22-19(31)39-9-11-10-43-18-21(17(30)25(18)14(11)15(27)28,24-13(26)8-12-4-3-7-42-12)16(29)23-6-2-1-5-20(32,40(33,34)35)41(36,37)38/h3-4,7,18,32H,1-2,5-6,8-10H2,(H2,22,31)(H,23,29)(H,24,26)(H,27,28)(H2,33,34,35)(H2,36,37,38)/t18-,21?/m1/s1. The summed E-state index contributed by atoms with van der Waals surface area (Å²) in [5.41, 5.74) is 2.13. The average molecular weight is 687 g/mol. The van der Waals surface area contributed by atoms with Gasteiger partial charge in [-0.15, -0.1) is 23.1 Å². The Bertz CT molecular complexity index is 1400. The maximum absolute atomic E-state index is 13.5. The van der Waals surface area contributed by atoms with Crippen LogP contribution in [0.2, 0.25) is 0 Å². The SMILES string of the molecule is NC(=O)OCC1=C(C(=O)O)N2C(=O)C(NC(=O)Cc3cccs3)(C(=O)NCCCCC(O)(P(=O)(O)O)P(=O)(O)O)[C@H]2SC1. The zero-order chi connectivity index (χ0) is 32.4. The van der Waals surface area contributed by atoms with Gasteiger partial charge in [-0.2, -0.15) is 0 Å². The predicted molar refractivity (Wildman–Crippen MR) is 148 cm³/mol. The summed E-state index contributed by atoms with van der Waals surface area (Å²) in [5.74, 6) is -4.57. The Hall–Kier alpha value is -2.80. The van der Waals surface area contributed by atoms with E-state index in [1.165, 1.54) is 11.3 Å². The molecule has 1 aromatic rings. The number of rotatable bonds is 14. The second kappa shape index (κ2) is 13.1. The van der Waals surface area contributed by atoms with Crippen molar-refractivity contribution in [1.29, 1.82) is 0 Å². The number of aliphatic hydroxyl groups is 1. The van der Waals surface area contributed by atoms with Crippen LogP contribution in [0.1, 0.15) is 24.1 Å². The summed E-state index contributed by atoms with van der Waals surface area (Å²) in [4.78, 5) is 101. The summed E-state index contributed by atoms with van der Waals surface area (Å²) in [5, 5.41) is 21.4. The van der Waals surface area contributed by atoms with E-state index in [2.05, 4.69) is 15.4 Å². The van der Waals surface area contributed by atoms with Crippen LogP contribution in [0, 0.1) is 0 Å². The molecule has 0 spiro atoms. The Labute approximate surface area is 251 Å². The second-order valence-corrected chi connectivity index (χ2v) is 15.5. The van der Waals surface area contributed by atoms with Crippen molar-refractivity contribution in [2.75, 3.05) is 18.9 Å². The fraction of sp³-hybridized carbons (Fsp3) is 0.476. The number of β-lactam (4-membered cyclic amide) rings is 1. The highest BCUT2D eigenvalue weighted by molar-refractivity contribution is 8.00. The van der Waals surface area contributed by atoms with Gasteiger partial charge in [-0.05, 0) is 30.7 Å². The summed E-state index contributed by atoms with van der Waals surface area (Å²) in [6.45, 7) is -0.871. The molecule has 0 aliphatic carbocycles. The van der Waals surface area contributed by atoms with Crippen LogP contribution in [0.4, 0.5) is 4.79 Å². The van der Waals surface area contributed by atoms with Gasteiger partial charge in [0.2, 0.25) is 11.4 Å². The molecular formula is C21H28N4O14P2S2. The van der Waals surface area contributed by atoms with E-state index in [9.17, 15) is 62.9 Å². The predicted octanol–water partition coefficient (Wildman–Crippen LogP) is -1.22. The number of nitrogens with zero attached hydrogens (tertiary/aromatic N) is 1. The number of unbranched alkanes of at least 4 members (excludes halogenated alkanes) is 1. The first kappa shape index (κ1) is 34.7. The lowest BCUT2D eigenvalue weighted by molar-refractivity contribution is -0.165. The zero-order valence-electron chi connectivity index (χ0n) is 21.9. The molecule has 3 rings (SSSR count). The molecule has 10 N–H and O–H groups in total. The third kappa shape index (κ3) is 6.97. The minimum absolute atomic E-state index is 0.0161. The highest BCUT2D eigenvalue weighted by atomic mass is 32.2. The van der Waals surface area contributed by atoms with Crippen molar-refractivity contribution in [3.8, 4) is 0 Å². The third-order valence-corrected chi connectivity index (χ3v) is 12.7. The molecule has 3 heterocycles. The van der Waals surface area contributed by atoms with Gasteiger partial charge in [-0.25, -0.2) is 9.59 Å². The number of thioether (sulfide) groups is 1. The van der Waals surface area contributed by atoms with Crippen molar-refractivity contribution in [2.24, 2.45) is 5.73 Å². The van der Waals surface area contributed by atoms with Crippen molar-refractivity contribution < 1.29 is 67.6 Å². The van der Waals surface area contributed by atoms with Gasteiger partial charge in [0.25, 0.3) is 16.9 Å². The van der Waals surface area contributed by atoms with Crippen LogP contribution in [0.3, 0.4) is 0 Å². The van der Waals surface area contributed by atoms with Gasteiger partial charge in [0, 0.05) is 22.7 Å². The van der Waals surface area contributed by atoms with E-state index in [0.29, 0.717) is 4.88 Å². The molecule has 2 aliphatic heterocycles. The lowest BCUT2D eigenvalue weighted by Crippen LogP contribution is -2.84. The van der Waals surface area contributed by atoms with Gasteiger partial charge in [0.1, 0.15) is 17.7 Å². The molecule has 43 heavy (non-hydrogen) atoms. The minimum Gasteiger partial charge on any atom is -0.477 e. The van der Waals surface area contributed by atoms with E-state index < -0.39 is 86.1 Å². The van der Waals surface area contributed by atoms with E-state index in [1.54, 1.807) is 17.5 Å². The topological polar surface area (TPSA) is 303 Å². The number of aliphatic carboxylic acids is 1. The molecule has 2 atom stereocenters. The molecule has 238 valence electrons. The number of carboxylic acids is 1. The average Bonchev–Trinajstić information content (AvgIpc) is 3.40. The molecule has 1 aromatic heterocycles. The Balaban J connectivity index is 1.81. The number of hydrogen-bond acceptors (Lipinski definition) is 11. The fourth-order valence-electron chi connectivity index (χ4n) is 4.39. The third-order valence-electron chi connectivity index (χ3n) is 6.51. The monoisotopic (exact) mass is 686 g/mol. The number of thiophene rings is 1. The number of carbonyl (C=O) groups is 5. The van der Waals surface area contributed by atoms with Crippen LogP contribution in [0.15, 0.2) is 28.8 Å². The first-order valence-electron chi connectivity index (χ1n) is 12.1. The summed E-state index contributed by atoms with van der Waals surface area (Å²) in [6.07, 6.45) is -3.00. The molecule has 0 aromatic carbocycles. The van der Waals surface area contributed by atoms with Gasteiger partial charge in [0.05, 0.1) is 6.42 Å². The molecule has 22 heteroatoms. The quantitative estimate of drug-likeness (QED) is 0.0480. The summed E-state index contributed by atoms with van der Waals surface area (Å²) in [7, 11) is -11.4. The molecular weight excluding hydrogens is 658 g/mol. The van der Waals surface area contributed by atoms with Crippen molar-refractivity contribution >= 4 is 68.1 Å². The normalized spacial score (nSPS) is 20.6. The Morgan fingerprint density at radius 3 is 2.35 bits per heavy atom. The van der Waals surface area contributed by atoms with E-state index >= 15 is 0 Å². The number of carbonyl (C=O) groups excluding carboxylic acids is 4. The number of carboxylic acid groups (broad SMARTS) is 1. The Morgan fingerprint density at radius 1 is 1.16 bits per heavy atom. The van der Waals surface area contributed by atoms with E-state index in [-0.39, 0.29) is 30.7 Å². The zero-order valence-corrected chi connectivity index (χ0v) is 25.4. The summed E-state index contributed by atoms with van der Waals surface area (Å²) >= 11 is 2.15. The molecule has 1 saturated heterocycles. The number of ether oxygens (including phenoxy) is 1. The van der Waals surface area contributed by atoms with Gasteiger partial charge in [0.15, 0.2) is 0 Å². The number of amides is 4. The Kier molecular flexibility index (Phi) is 10.5. The maximum Gasteiger partial charge on any atom is 0.404 e. The highest BCUT2D eigenvalue weighted by Gasteiger charge is 2.69. The largest absolute Gasteiger partial charge is 0.477 e. The second-order valence-electron chi connectivity index (χ2n) is 9.39. The van der Waals surface area contributed by atoms with Gasteiger partial charge in [-0.1, -0.05) is 6.07 Å². The first-order chi connectivity index (χ1) is 19.9. The molecule has 2 aliphatic rings. The number of hydrogen-bond donors (Lipinski definition) is 9. The molecule has 0 radical (unpaired) electrons. The lowest BCUT2D eigenvalue weighted by Gasteiger charge is -2.55. The van der Waals surface area contributed by atoms with Crippen LogP contribution in [-0.2, 0) is 39.5 Å². The Morgan fingerprint density at radius 2 is 1.81 bits per heavy atom. The van der Waals surface area contributed by atoms with Crippen LogP contribution >= 0.6 is 38.3 Å². The van der Waals surface area contributed by atoms with Crippen LogP contribution in [0.25, 0.3) is 0 Å². The number of primary amides is 1. The van der Waals surface area contributed by atoms with E-state index in [4.69, 9.17) is 5.73 Å².